The van der Waals surface area contributed by atoms with Crippen LogP contribution in [0.25, 0.3) is 0 Å². The second-order valence-corrected chi connectivity index (χ2v) is 3.63. The van der Waals surface area contributed by atoms with Gasteiger partial charge in [-0.2, -0.15) is 0 Å². The van der Waals surface area contributed by atoms with Gasteiger partial charge in [0.05, 0.1) is 17.3 Å². The SMILES string of the molecule is COc1c(I)cc(C(F)F)nc1CO. The van der Waals surface area contributed by atoms with Gasteiger partial charge in [-0.25, -0.2) is 13.8 Å². The summed E-state index contributed by atoms with van der Waals surface area (Å²) in [6, 6.07) is 1.24. The van der Waals surface area contributed by atoms with Crippen molar-refractivity contribution < 1.29 is 18.6 Å². The molecule has 0 bridgehead atoms. The first kappa shape index (κ1) is 11.6. The topological polar surface area (TPSA) is 42.4 Å². The van der Waals surface area contributed by atoms with Crippen LogP contribution < -0.4 is 4.74 Å². The molecule has 3 nitrogen and oxygen atoms in total. The maximum atomic E-state index is 12.3. The highest BCUT2D eigenvalue weighted by atomic mass is 127. The second kappa shape index (κ2) is 4.83. The van der Waals surface area contributed by atoms with Gasteiger partial charge < -0.3 is 9.84 Å². The van der Waals surface area contributed by atoms with E-state index in [0.717, 1.165) is 0 Å². The zero-order valence-electron chi connectivity index (χ0n) is 7.30. The molecule has 6 heteroatoms. The standard InChI is InChI=1S/C8H8F2INO2/c1-14-7-4(11)2-5(8(9)10)12-6(7)3-13/h2,8,13H,3H2,1H3. The zero-order valence-corrected chi connectivity index (χ0v) is 9.46. The number of nitrogens with zero attached hydrogens (tertiary/aromatic N) is 1. The lowest BCUT2D eigenvalue weighted by Gasteiger charge is -2.09. The van der Waals surface area contributed by atoms with Gasteiger partial charge in [0.1, 0.15) is 11.4 Å². The fraction of sp³-hybridized carbons (Fsp3) is 0.375. The summed E-state index contributed by atoms with van der Waals surface area (Å²) in [4.78, 5) is 3.59. The highest BCUT2D eigenvalue weighted by molar-refractivity contribution is 14.1. The van der Waals surface area contributed by atoms with E-state index >= 15 is 0 Å². The molecule has 0 aliphatic rings. The quantitative estimate of drug-likeness (QED) is 0.869. The van der Waals surface area contributed by atoms with E-state index in [1.807, 2.05) is 22.6 Å². The van der Waals surface area contributed by atoms with Gasteiger partial charge in [0, 0.05) is 0 Å². The summed E-state index contributed by atoms with van der Waals surface area (Å²) in [6.07, 6.45) is -2.64. The van der Waals surface area contributed by atoms with Crippen molar-refractivity contribution in [2.24, 2.45) is 0 Å². The van der Waals surface area contributed by atoms with Gasteiger partial charge in [0.2, 0.25) is 0 Å². The first-order valence-corrected chi connectivity index (χ1v) is 4.80. The van der Waals surface area contributed by atoms with E-state index in [1.54, 1.807) is 0 Å². The zero-order chi connectivity index (χ0) is 10.7. The van der Waals surface area contributed by atoms with Crippen LogP contribution in [0.5, 0.6) is 5.75 Å². The third-order valence-electron chi connectivity index (χ3n) is 1.60. The summed E-state index contributed by atoms with van der Waals surface area (Å²) < 4.78 is 30.1. The Bertz CT molecular complexity index is 333. The van der Waals surface area contributed by atoms with Crippen molar-refractivity contribution in [1.82, 2.24) is 4.98 Å². The number of halogens is 3. The molecule has 0 saturated carbocycles. The predicted molar refractivity (Wildman–Crippen MR) is 54.4 cm³/mol. The molecule has 1 heterocycles. The number of ether oxygens (including phenoxy) is 1. The van der Waals surface area contributed by atoms with Crippen LogP contribution in [-0.4, -0.2) is 17.2 Å². The average Bonchev–Trinajstić information content (AvgIpc) is 2.16. The van der Waals surface area contributed by atoms with Crippen LogP contribution in [0.4, 0.5) is 8.78 Å². The first-order chi connectivity index (χ1) is 6.60. The van der Waals surface area contributed by atoms with E-state index in [9.17, 15) is 8.78 Å². The lowest BCUT2D eigenvalue weighted by atomic mass is 10.3. The summed E-state index contributed by atoms with van der Waals surface area (Å²) >= 11 is 1.86. The van der Waals surface area contributed by atoms with Crippen LogP contribution in [0.2, 0.25) is 0 Å². The van der Waals surface area contributed by atoms with Crippen molar-refractivity contribution in [1.29, 1.82) is 0 Å². The fourth-order valence-corrected chi connectivity index (χ4v) is 1.86. The smallest absolute Gasteiger partial charge is 0.280 e. The molecule has 1 aromatic rings. The Hall–Kier alpha value is -0.500. The Kier molecular flexibility index (Phi) is 3.99. The van der Waals surface area contributed by atoms with Crippen molar-refractivity contribution in [2.45, 2.75) is 13.0 Å². The summed E-state index contributed by atoms with van der Waals surface area (Å²) in [7, 11) is 1.40. The second-order valence-electron chi connectivity index (χ2n) is 2.47. The van der Waals surface area contributed by atoms with Crippen LogP contribution in [0.1, 0.15) is 17.8 Å². The van der Waals surface area contributed by atoms with Gasteiger partial charge in [-0.1, -0.05) is 0 Å². The molecule has 1 N–H and O–H groups in total. The number of rotatable bonds is 3. The summed E-state index contributed by atoms with van der Waals surface area (Å²) in [5.41, 5.74) is -0.214. The van der Waals surface area contributed by atoms with Crippen LogP contribution >= 0.6 is 22.6 Å². The summed E-state index contributed by atoms with van der Waals surface area (Å²) in [5, 5.41) is 8.89. The number of pyridine rings is 1. The van der Waals surface area contributed by atoms with Gasteiger partial charge in [0.15, 0.2) is 5.75 Å². The van der Waals surface area contributed by atoms with Crippen molar-refractivity contribution >= 4 is 22.6 Å². The van der Waals surface area contributed by atoms with Gasteiger partial charge in [-0.15, -0.1) is 0 Å². The molecule has 0 saturated heterocycles. The van der Waals surface area contributed by atoms with Crippen LogP contribution in [-0.2, 0) is 6.61 Å². The Morgan fingerprint density at radius 2 is 2.29 bits per heavy atom. The number of aromatic nitrogens is 1. The van der Waals surface area contributed by atoms with Gasteiger partial charge in [-0.3, -0.25) is 0 Å². The molecule has 1 rings (SSSR count). The molecule has 0 spiro atoms. The van der Waals surface area contributed by atoms with E-state index in [0.29, 0.717) is 9.32 Å². The summed E-state index contributed by atoms with van der Waals surface area (Å²) in [6.45, 7) is -0.417. The molecule has 14 heavy (non-hydrogen) atoms. The van der Waals surface area contributed by atoms with Crippen molar-refractivity contribution in [3.05, 3.63) is 21.0 Å². The number of aliphatic hydroxyl groups is 1. The minimum atomic E-state index is -2.64. The molecule has 0 aliphatic heterocycles. The van der Waals surface area contributed by atoms with E-state index in [4.69, 9.17) is 9.84 Å². The normalized spacial score (nSPS) is 10.7. The Morgan fingerprint density at radius 1 is 1.64 bits per heavy atom. The van der Waals surface area contributed by atoms with Crippen molar-refractivity contribution in [2.75, 3.05) is 7.11 Å². The molecule has 1 aromatic heterocycles. The van der Waals surface area contributed by atoms with Crippen LogP contribution in [0.3, 0.4) is 0 Å². The third kappa shape index (κ3) is 2.30. The molecule has 0 atom stereocenters. The average molecular weight is 315 g/mol. The largest absolute Gasteiger partial charge is 0.494 e. The Labute approximate surface area is 93.2 Å². The molecule has 0 amide bonds. The Balaban J connectivity index is 3.24. The molecule has 0 aliphatic carbocycles. The highest BCUT2D eigenvalue weighted by Gasteiger charge is 2.16. The van der Waals surface area contributed by atoms with Crippen molar-refractivity contribution in [3.63, 3.8) is 0 Å². The number of methoxy groups -OCH3 is 1. The number of hydrogen-bond acceptors (Lipinski definition) is 3. The van der Waals surface area contributed by atoms with Crippen molar-refractivity contribution in [3.8, 4) is 5.75 Å². The maximum absolute atomic E-state index is 12.3. The lowest BCUT2D eigenvalue weighted by molar-refractivity contribution is 0.144. The fourth-order valence-electron chi connectivity index (χ4n) is 1.01. The predicted octanol–water partition coefficient (Wildman–Crippen LogP) is 2.12. The van der Waals surface area contributed by atoms with E-state index < -0.39 is 13.0 Å². The number of alkyl halides is 2. The third-order valence-corrected chi connectivity index (χ3v) is 2.40. The van der Waals surface area contributed by atoms with E-state index in [2.05, 4.69) is 4.98 Å². The number of hydrogen-bond donors (Lipinski definition) is 1. The van der Waals surface area contributed by atoms with E-state index in [1.165, 1.54) is 13.2 Å². The molecular formula is C8H8F2INO2. The molecule has 0 unspecified atom stereocenters. The molecule has 0 fully saturated rings. The minimum Gasteiger partial charge on any atom is -0.494 e. The van der Waals surface area contributed by atoms with Gasteiger partial charge >= 0.3 is 0 Å². The van der Waals surface area contributed by atoms with Gasteiger partial charge in [0.25, 0.3) is 6.43 Å². The first-order valence-electron chi connectivity index (χ1n) is 3.72. The molecule has 0 aromatic carbocycles. The maximum Gasteiger partial charge on any atom is 0.280 e. The van der Waals surface area contributed by atoms with E-state index in [-0.39, 0.29) is 11.4 Å². The molecular weight excluding hydrogens is 307 g/mol. The minimum absolute atomic E-state index is 0.134. The lowest BCUT2D eigenvalue weighted by Crippen LogP contribution is -2.02. The highest BCUT2D eigenvalue weighted by Crippen LogP contribution is 2.28. The molecule has 78 valence electrons. The number of aliphatic hydroxyl groups excluding tert-OH is 1. The van der Waals surface area contributed by atoms with Crippen LogP contribution in [0.15, 0.2) is 6.07 Å². The van der Waals surface area contributed by atoms with Gasteiger partial charge in [-0.05, 0) is 28.7 Å². The summed E-state index contributed by atoms with van der Waals surface area (Å²) in [5.74, 6) is 0.345. The monoisotopic (exact) mass is 315 g/mol. The van der Waals surface area contributed by atoms with Crippen LogP contribution in [0, 0.1) is 3.57 Å². The Morgan fingerprint density at radius 3 is 2.71 bits per heavy atom. The molecule has 0 radical (unpaired) electrons.